The van der Waals surface area contributed by atoms with Crippen molar-refractivity contribution in [1.82, 2.24) is 0 Å². The predicted molar refractivity (Wildman–Crippen MR) is 72.3 cm³/mol. The Balaban J connectivity index is 5.71. The van der Waals surface area contributed by atoms with E-state index in [1.807, 2.05) is 0 Å². The first-order chi connectivity index (χ1) is 7.57. The van der Waals surface area contributed by atoms with E-state index in [-0.39, 0.29) is 0 Å². The molecule has 0 heterocycles. The van der Waals surface area contributed by atoms with Crippen LogP contribution < -0.4 is 0 Å². The predicted octanol–water partition coefficient (Wildman–Crippen LogP) is 0.000200. The summed E-state index contributed by atoms with van der Waals surface area (Å²) < 4.78 is 0. The van der Waals surface area contributed by atoms with Gasteiger partial charge in [0, 0.05) is 0 Å². The van der Waals surface area contributed by atoms with E-state index in [1.54, 1.807) is 0 Å². The Labute approximate surface area is 99.2 Å². The first kappa shape index (κ1) is 13.4. The molecule has 0 aromatic carbocycles. The summed E-state index contributed by atoms with van der Waals surface area (Å²) in [5, 5.41) is 0. The van der Waals surface area contributed by atoms with Crippen LogP contribution in [0.5, 0.6) is 0 Å². The summed E-state index contributed by atoms with van der Waals surface area (Å²) in [6.45, 7) is 0. The normalized spacial score (nSPS) is 8.38. The van der Waals surface area contributed by atoms with Crippen LogP contribution in [0.3, 0.4) is 0 Å². The Bertz CT molecular complexity index is 472. The third-order valence-corrected chi connectivity index (χ3v) is 5.58. The van der Waals surface area contributed by atoms with Gasteiger partial charge in [-0.1, -0.05) is 44.3 Å². The van der Waals surface area contributed by atoms with Crippen LogP contribution in [-0.4, -0.2) is 16.1 Å². The molecule has 0 N–H and O–H groups in total. The lowest BCUT2D eigenvalue weighted by Crippen LogP contribution is -2.32. The number of hydrogen-bond donors (Lipinski definition) is 0. The largest absolute Gasteiger partial charge is 0.368 e. The molecule has 0 bridgehead atoms. The smallest absolute Gasteiger partial charge is 0.124 e. The zero-order chi connectivity index (χ0) is 12.7. The lowest BCUT2D eigenvalue weighted by Gasteiger charge is -2.04. The van der Waals surface area contributed by atoms with Crippen molar-refractivity contribution in [2.24, 2.45) is 0 Å². The molecule has 0 aromatic rings. The summed E-state index contributed by atoms with van der Waals surface area (Å²) >= 11 is 0. The number of hydrogen-bond acceptors (Lipinski definition) is 0. The quantitative estimate of drug-likeness (QED) is 0.406. The van der Waals surface area contributed by atoms with Crippen molar-refractivity contribution >= 4 is 16.1 Å². The fourth-order valence-corrected chi connectivity index (χ4v) is 3.09. The van der Waals surface area contributed by atoms with Crippen molar-refractivity contribution in [3.05, 3.63) is 0 Å². The summed E-state index contributed by atoms with van der Waals surface area (Å²) in [4.78, 5) is 0. The third kappa shape index (κ3) is 2.44. The minimum Gasteiger partial charge on any atom is -0.124 e. The lowest BCUT2D eigenvalue weighted by molar-refractivity contribution is 2.37. The highest BCUT2D eigenvalue weighted by atomic mass is 28.3. The second-order valence-electron chi connectivity index (χ2n) is 2.62. The van der Waals surface area contributed by atoms with Crippen molar-refractivity contribution < 1.29 is 0 Å². The minimum absolute atomic E-state index is 2.37. The van der Waals surface area contributed by atoms with Crippen LogP contribution in [0.4, 0.5) is 0 Å². The first-order valence-electron chi connectivity index (χ1n) is 3.98. The van der Waals surface area contributed by atoms with Gasteiger partial charge < -0.3 is 0 Å². The van der Waals surface area contributed by atoms with Crippen molar-refractivity contribution in [2.75, 3.05) is 0 Å². The molecular weight excluding hydrogens is 224 g/mol. The molecule has 0 aromatic heterocycles. The van der Waals surface area contributed by atoms with Crippen LogP contribution in [0, 0.1) is 82.9 Å². The van der Waals surface area contributed by atoms with E-state index in [2.05, 4.69) is 44.3 Å². The average molecular weight is 230 g/mol. The molecule has 0 aliphatic carbocycles. The standard InChI is InChI=1S/C14H6Si2/c1-7-15(8-2,9-3)13-14-16(10-4,11-5)12-6/h1-6H. The van der Waals surface area contributed by atoms with E-state index in [1.165, 1.54) is 0 Å². The Morgan fingerprint density at radius 2 is 0.625 bits per heavy atom. The van der Waals surface area contributed by atoms with E-state index < -0.39 is 16.1 Å². The maximum atomic E-state index is 5.27. The Morgan fingerprint density at radius 1 is 0.438 bits per heavy atom. The summed E-state index contributed by atoms with van der Waals surface area (Å²) in [6, 6.07) is 0. The molecule has 0 amide bonds. The zero-order valence-corrected chi connectivity index (χ0v) is 10.5. The van der Waals surface area contributed by atoms with Gasteiger partial charge in [-0.2, -0.15) is 0 Å². The molecule has 0 radical (unpaired) electrons. The van der Waals surface area contributed by atoms with Gasteiger partial charge in [-0.15, -0.1) is 38.5 Å². The van der Waals surface area contributed by atoms with Gasteiger partial charge in [-0.05, 0) is 0 Å². The molecule has 0 saturated heterocycles. The van der Waals surface area contributed by atoms with Crippen LogP contribution in [0.2, 0.25) is 0 Å². The summed E-state index contributed by atoms with van der Waals surface area (Å²) in [5.41, 5.74) is 19.6. The van der Waals surface area contributed by atoms with Gasteiger partial charge in [0.15, 0.2) is 0 Å². The van der Waals surface area contributed by atoms with Gasteiger partial charge in [-0.3, -0.25) is 0 Å². The molecule has 16 heavy (non-hydrogen) atoms. The molecule has 0 aliphatic heterocycles. The molecule has 70 valence electrons. The van der Waals surface area contributed by atoms with Crippen molar-refractivity contribution in [3.63, 3.8) is 0 Å². The molecule has 2 heteroatoms. The Kier molecular flexibility index (Phi) is 4.41. The van der Waals surface area contributed by atoms with Crippen LogP contribution >= 0.6 is 0 Å². The summed E-state index contributed by atoms with van der Waals surface area (Å²) in [6.07, 6.45) is 31.6. The van der Waals surface area contributed by atoms with Crippen molar-refractivity contribution in [1.29, 1.82) is 0 Å². The van der Waals surface area contributed by atoms with Crippen LogP contribution in [0.15, 0.2) is 0 Å². The van der Waals surface area contributed by atoms with Crippen LogP contribution in [0.25, 0.3) is 0 Å². The molecule has 0 unspecified atom stereocenters. The fraction of sp³-hybridized carbons (Fsp3) is 0. The van der Waals surface area contributed by atoms with Crippen molar-refractivity contribution in [2.45, 2.75) is 0 Å². The second-order valence-corrected chi connectivity index (χ2v) is 7.85. The van der Waals surface area contributed by atoms with Gasteiger partial charge in [0.2, 0.25) is 0 Å². The molecule has 0 fully saturated rings. The van der Waals surface area contributed by atoms with Crippen molar-refractivity contribution in [3.8, 4) is 82.9 Å². The number of rotatable bonds is 0. The highest BCUT2D eigenvalue weighted by Crippen LogP contribution is 1.99. The highest BCUT2D eigenvalue weighted by Gasteiger charge is 2.28. The summed E-state index contributed by atoms with van der Waals surface area (Å²) in [7, 11) is -5.81. The highest BCUT2D eigenvalue weighted by molar-refractivity contribution is 7.10. The molecular formula is C14H6Si2. The molecule has 0 saturated carbocycles. The number of terminal acetylenes is 6. The average Bonchev–Trinajstić information content (AvgIpc) is 2.37. The van der Waals surface area contributed by atoms with Crippen LogP contribution in [0.1, 0.15) is 0 Å². The fourth-order valence-electron chi connectivity index (χ4n) is 0.654. The summed E-state index contributed by atoms with van der Waals surface area (Å²) in [5.74, 6) is 0. The molecule has 0 spiro atoms. The van der Waals surface area contributed by atoms with Crippen LogP contribution in [-0.2, 0) is 0 Å². The van der Waals surface area contributed by atoms with Gasteiger partial charge in [0.25, 0.3) is 0 Å². The Hall–Kier alpha value is -2.65. The van der Waals surface area contributed by atoms with E-state index in [0.29, 0.717) is 0 Å². The monoisotopic (exact) mass is 230 g/mol. The molecule has 0 atom stereocenters. The lowest BCUT2D eigenvalue weighted by atomic mass is 11.3. The van der Waals surface area contributed by atoms with E-state index in [9.17, 15) is 0 Å². The van der Waals surface area contributed by atoms with E-state index >= 15 is 0 Å². The maximum Gasteiger partial charge on any atom is 0.368 e. The second kappa shape index (κ2) is 5.29. The zero-order valence-electron chi connectivity index (χ0n) is 8.46. The van der Waals surface area contributed by atoms with Gasteiger partial charge in [0.05, 0.1) is 0 Å². The van der Waals surface area contributed by atoms with Gasteiger partial charge in [-0.25, -0.2) is 0 Å². The molecule has 0 nitrogen and oxygen atoms in total. The minimum atomic E-state index is -2.91. The van der Waals surface area contributed by atoms with E-state index in [4.69, 9.17) is 38.5 Å². The topological polar surface area (TPSA) is 0 Å². The SMILES string of the molecule is C#C[Si](C#C)(C#C)C#C[Si](C#C)(C#C)C#C. The molecule has 0 rings (SSSR count). The first-order valence-corrected chi connectivity index (χ1v) is 7.98. The Morgan fingerprint density at radius 3 is 0.750 bits per heavy atom. The van der Waals surface area contributed by atoms with Gasteiger partial charge >= 0.3 is 16.1 Å². The maximum absolute atomic E-state index is 5.27. The van der Waals surface area contributed by atoms with E-state index in [0.717, 1.165) is 0 Å². The van der Waals surface area contributed by atoms with Gasteiger partial charge in [0.1, 0.15) is 0 Å². The third-order valence-electron chi connectivity index (χ3n) is 1.74. The molecule has 0 aliphatic rings.